The van der Waals surface area contributed by atoms with Crippen LogP contribution < -0.4 is 5.73 Å². The fraction of sp³-hybridized carbons (Fsp3) is 0.767. The molecule has 0 fully saturated rings. The number of aliphatic hydroxyl groups is 2. The minimum atomic E-state index is -4.43. The van der Waals surface area contributed by atoms with Crippen LogP contribution in [0.3, 0.4) is 0 Å². The summed E-state index contributed by atoms with van der Waals surface area (Å²) in [5.74, 6) is -1.00. The Bertz CT molecular complexity index is 1080. The van der Waals surface area contributed by atoms with Crippen LogP contribution in [-0.4, -0.2) is 71.7 Å². The van der Waals surface area contributed by atoms with Crippen LogP contribution in [0.1, 0.15) is 168 Å². The summed E-state index contributed by atoms with van der Waals surface area (Å²) in [4.78, 5) is 34.8. The van der Waals surface area contributed by atoms with Gasteiger partial charge < -0.3 is 30.3 Å². The van der Waals surface area contributed by atoms with Crippen LogP contribution in [0, 0.1) is 0 Å². The minimum absolute atomic E-state index is 0.0214. The van der Waals surface area contributed by atoms with E-state index in [2.05, 4.69) is 50.3 Å². The maximum absolute atomic E-state index is 12.6. The number of phosphoric ester groups is 1. The molecule has 0 saturated carbocycles. The van der Waals surface area contributed by atoms with Crippen LogP contribution in [0.5, 0.6) is 0 Å². The van der Waals surface area contributed by atoms with E-state index in [1.54, 1.807) is 0 Å². The van der Waals surface area contributed by atoms with Gasteiger partial charge in [0.25, 0.3) is 0 Å². The number of carbonyl (C=O) groups excluding carboxylic acids is 2. The summed E-state index contributed by atoms with van der Waals surface area (Å²) in [5.41, 5.74) is 5.33. The molecule has 0 bridgehead atoms. The molecule has 0 aliphatic rings. The number of aliphatic hydroxyl groups excluding tert-OH is 2. The number of hydrogen-bond donors (Lipinski definition) is 4. The third kappa shape index (κ3) is 37.2. The molecule has 0 aliphatic heterocycles. The van der Waals surface area contributed by atoms with Crippen molar-refractivity contribution in [3.63, 3.8) is 0 Å². The molecule has 1 unspecified atom stereocenters. The molecule has 320 valence electrons. The van der Waals surface area contributed by atoms with E-state index < -0.39 is 44.7 Å². The molecule has 5 N–H and O–H groups in total. The Kier molecular flexibility index (Phi) is 37.3. The number of carbonyl (C=O) groups is 2. The second kappa shape index (κ2) is 38.7. The molecule has 0 aliphatic carbocycles. The Morgan fingerprint density at radius 2 is 1.15 bits per heavy atom. The normalized spacial score (nSPS) is 14.9. The Labute approximate surface area is 333 Å². The van der Waals surface area contributed by atoms with Crippen LogP contribution in [0.4, 0.5) is 0 Å². The highest BCUT2D eigenvalue weighted by Gasteiger charge is 2.26. The second-order valence-electron chi connectivity index (χ2n) is 14.2. The largest absolute Gasteiger partial charge is 0.472 e. The van der Waals surface area contributed by atoms with E-state index >= 15 is 0 Å². The van der Waals surface area contributed by atoms with Gasteiger partial charge in [-0.15, -0.1) is 0 Å². The molecular weight excluding hydrogens is 721 g/mol. The lowest BCUT2D eigenvalue weighted by molar-refractivity contribution is -0.161. The first kappa shape index (κ1) is 52.9. The Balaban J connectivity index is 4.38. The van der Waals surface area contributed by atoms with Gasteiger partial charge in [0.15, 0.2) is 6.10 Å². The zero-order chi connectivity index (χ0) is 40.7. The van der Waals surface area contributed by atoms with Gasteiger partial charge in [-0.05, 0) is 70.6 Å². The summed E-state index contributed by atoms with van der Waals surface area (Å²) < 4.78 is 32.6. The number of phosphoric acid groups is 1. The van der Waals surface area contributed by atoms with E-state index in [1.807, 2.05) is 12.2 Å². The first-order chi connectivity index (χ1) is 26.6. The average molecular weight is 800 g/mol. The predicted octanol–water partition coefficient (Wildman–Crippen LogP) is 9.88. The smallest absolute Gasteiger partial charge is 0.462 e. The Morgan fingerprint density at radius 1 is 0.618 bits per heavy atom. The SMILES string of the molecule is CCCCC/C=C\C[C@@H](O)[C@H](O)CCCCCCCC(=O)OC[C@H](COP(=O)(O)OCCN)OC(=O)CCC/C=C\C/C=C\C/C=C\CCCCCCCC. The monoisotopic (exact) mass is 800 g/mol. The van der Waals surface area contributed by atoms with E-state index in [1.165, 1.54) is 51.4 Å². The molecule has 0 spiro atoms. The Hall–Kier alpha value is -2.11. The van der Waals surface area contributed by atoms with E-state index in [0.29, 0.717) is 32.1 Å². The lowest BCUT2D eigenvalue weighted by Crippen LogP contribution is -2.29. The third-order valence-corrected chi connectivity index (χ3v) is 9.87. The molecule has 0 rings (SSSR count). The molecule has 0 saturated heterocycles. The van der Waals surface area contributed by atoms with E-state index in [0.717, 1.165) is 57.8 Å². The number of hydrogen-bond acceptors (Lipinski definition) is 10. The van der Waals surface area contributed by atoms with Gasteiger partial charge in [0.2, 0.25) is 0 Å². The van der Waals surface area contributed by atoms with Crippen molar-refractivity contribution in [1.29, 1.82) is 0 Å². The van der Waals surface area contributed by atoms with Crippen LogP contribution in [0.25, 0.3) is 0 Å². The van der Waals surface area contributed by atoms with E-state index in [-0.39, 0.29) is 32.6 Å². The summed E-state index contributed by atoms with van der Waals surface area (Å²) in [7, 11) is -4.43. The van der Waals surface area contributed by atoms with Gasteiger partial charge >= 0.3 is 19.8 Å². The van der Waals surface area contributed by atoms with Gasteiger partial charge in [-0.2, -0.15) is 0 Å². The summed E-state index contributed by atoms with van der Waals surface area (Å²) in [5, 5.41) is 20.4. The average Bonchev–Trinajstić information content (AvgIpc) is 3.17. The molecular formula is C43H78NO10P. The third-order valence-electron chi connectivity index (χ3n) is 8.89. The maximum Gasteiger partial charge on any atom is 0.472 e. The van der Waals surface area contributed by atoms with Crippen LogP contribution in [0.2, 0.25) is 0 Å². The van der Waals surface area contributed by atoms with Crippen LogP contribution in [0.15, 0.2) is 48.6 Å². The minimum Gasteiger partial charge on any atom is -0.462 e. The molecule has 0 heterocycles. The zero-order valence-corrected chi connectivity index (χ0v) is 35.3. The summed E-state index contributed by atoms with van der Waals surface area (Å²) in [6.45, 7) is 3.42. The molecule has 0 aromatic rings. The first-order valence-electron chi connectivity index (χ1n) is 21.3. The second-order valence-corrected chi connectivity index (χ2v) is 15.6. The molecule has 0 aromatic heterocycles. The van der Waals surface area contributed by atoms with E-state index in [4.69, 9.17) is 24.3 Å². The number of ether oxygens (including phenoxy) is 2. The molecule has 0 amide bonds. The number of nitrogens with two attached hydrogens (primary N) is 1. The molecule has 55 heavy (non-hydrogen) atoms. The highest BCUT2D eigenvalue weighted by molar-refractivity contribution is 7.47. The highest BCUT2D eigenvalue weighted by atomic mass is 31.2. The molecule has 11 nitrogen and oxygen atoms in total. The van der Waals surface area contributed by atoms with Crippen molar-refractivity contribution >= 4 is 19.8 Å². The summed E-state index contributed by atoms with van der Waals surface area (Å²) in [6, 6.07) is 0. The van der Waals surface area contributed by atoms with Gasteiger partial charge in [-0.1, -0.05) is 133 Å². The first-order valence-corrected chi connectivity index (χ1v) is 22.8. The van der Waals surface area contributed by atoms with Crippen molar-refractivity contribution in [2.45, 2.75) is 186 Å². The molecule has 12 heteroatoms. The quantitative estimate of drug-likeness (QED) is 0.0202. The number of rotatable bonds is 39. The van der Waals surface area contributed by atoms with Crippen molar-refractivity contribution in [3.8, 4) is 0 Å². The van der Waals surface area contributed by atoms with Crippen molar-refractivity contribution < 1.29 is 47.8 Å². The van der Waals surface area contributed by atoms with Crippen molar-refractivity contribution in [2.24, 2.45) is 5.73 Å². The standard InChI is InChI=1S/C43H78NO10P/c1-3-5-7-9-11-12-13-14-15-16-17-18-19-20-21-25-30-34-43(48)54-39(38-53-55(49,50)52-36-35-44)37-51-42(47)33-29-26-22-24-28-32-41(46)40(45)31-27-23-10-8-6-4-2/h14-15,17-18,20-21,23,27,39-41,45-46H,3-13,16,19,22,24-26,28-38,44H2,1-2H3,(H,49,50)/b15-14-,18-17-,21-20-,27-23-/t39-,40-,41-/m1/s1. The van der Waals surface area contributed by atoms with Gasteiger partial charge in [0.05, 0.1) is 25.4 Å². The topological polar surface area (TPSA) is 175 Å². The van der Waals surface area contributed by atoms with Gasteiger partial charge in [-0.25, -0.2) is 4.57 Å². The van der Waals surface area contributed by atoms with Crippen molar-refractivity contribution in [3.05, 3.63) is 48.6 Å². The van der Waals surface area contributed by atoms with Gasteiger partial charge in [0, 0.05) is 19.4 Å². The number of allylic oxidation sites excluding steroid dienone is 7. The lowest BCUT2D eigenvalue weighted by atomic mass is 10.0. The number of unbranched alkanes of at least 4 members (excludes halogenated alkanes) is 14. The van der Waals surface area contributed by atoms with Gasteiger partial charge in [0.1, 0.15) is 6.61 Å². The van der Waals surface area contributed by atoms with Gasteiger partial charge in [-0.3, -0.25) is 18.6 Å². The predicted molar refractivity (Wildman–Crippen MR) is 222 cm³/mol. The van der Waals surface area contributed by atoms with Crippen LogP contribution >= 0.6 is 7.82 Å². The summed E-state index contributed by atoms with van der Waals surface area (Å²) in [6.07, 6.45) is 36.0. The number of esters is 2. The van der Waals surface area contributed by atoms with Crippen molar-refractivity contribution in [1.82, 2.24) is 0 Å². The van der Waals surface area contributed by atoms with Crippen molar-refractivity contribution in [2.75, 3.05) is 26.4 Å². The molecule has 0 aromatic carbocycles. The maximum atomic E-state index is 12.6. The molecule has 4 atom stereocenters. The highest BCUT2D eigenvalue weighted by Crippen LogP contribution is 2.43. The lowest BCUT2D eigenvalue weighted by Gasteiger charge is -2.19. The fourth-order valence-corrected chi connectivity index (χ4v) is 6.32. The Morgan fingerprint density at radius 3 is 1.82 bits per heavy atom. The summed E-state index contributed by atoms with van der Waals surface area (Å²) >= 11 is 0. The van der Waals surface area contributed by atoms with E-state index in [9.17, 15) is 29.3 Å². The fourth-order valence-electron chi connectivity index (χ4n) is 5.55. The van der Waals surface area contributed by atoms with Crippen LogP contribution in [-0.2, 0) is 32.7 Å². The molecule has 0 radical (unpaired) electrons. The zero-order valence-electron chi connectivity index (χ0n) is 34.4.